The molecule has 0 radical (unpaired) electrons. The lowest BCUT2D eigenvalue weighted by Crippen LogP contribution is -2.65. The number of nitrogens with zero attached hydrogens (tertiary/aromatic N) is 9. The van der Waals surface area contributed by atoms with Crippen molar-refractivity contribution in [2.24, 2.45) is 0 Å². The van der Waals surface area contributed by atoms with Crippen LogP contribution in [0.5, 0.6) is 5.88 Å². The summed E-state index contributed by atoms with van der Waals surface area (Å²) in [6, 6.07) is 5.73. The molecule has 7 rings (SSSR count). The van der Waals surface area contributed by atoms with E-state index in [-0.39, 0.29) is 23.7 Å². The minimum atomic E-state index is -4.80. The van der Waals surface area contributed by atoms with Crippen LogP contribution in [0.25, 0.3) is 22.3 Å². The molecule has 0 bridgehead atoms. The SMILES string of the molecule is N#CCC1(n2cc(-c3ncnc4[nH]ccc34)cn2)CN(C2CCC(Oc3cc(C(=O)N4CCCC4)nc(C(F)(F)F)n3)CC2)C1. The zero-order valence-corrected chi connectivity index (χ0v) is 24.4. The van der Waals surface area contributed by atoms with Gasteiger partial charge in [-0.15, -0.1) is 0 Å². The highest BCUT2D eigenvalue weighted by atomic mass is 19.4. The molecule has 2 aliphatic heterocycles. The lowest BCUT2D eigenvalue weighted by atomic mass is 9.82. The van der Waals surface area contributed by atoms with Gasteiger partial charge in [0.25, 0.3) is 5.91 Å². The van der Waals surface area contributed by atoms with E-state index in [2.05, 4.69) is 41.0 Å². The van der Waals surface area contributed by atoms with Gasteiger partial charge in [-0.05, 0) is 44.6 Å². The van der Waals surface area contributed by atoms with E-state index in [9.17, 15) is 23.2 Å². The van der Waals surface area contributed by atoms with E-state index in [1.165, 1.54) is 17.3 Å². The number of hydrogen-bond acceptors (Lipinski definition) is 9. The van der Waals surface area contributed by atoms with Gasteiger partial charge in [-0.25, -0.2) is 15.0 Å². The van der Waals surface area contributed by atoms with Gasteiger partial charge >= 0.3 is 6.18 Å². The molecule has 4 aromatic heterocycles. The van der Waals surface area contributed by atoms with Crippen molar-refractivity contribution in [2.75, 3.05) is 26.2 Å². The van der Waals surface area contributed by atoms with Crippen molar-refractivity contribution in [3.8, 4) is 23.2 Å². The third kappa shape index (κ3) is 5.58. The first kappa shape index (κ1) is 29.1. The van der Waals surface area contributed by atoms with Crippen LogP contribution in [0.1, 0.15) is 61.3 Å². The highest BCUT2D eigenvalue weighted by Gasteiger charge is 2.48. The molecule has 15 heteroatoms. The summed E-state index contributed by atoms with van der Waals surface area (Å²) in [5.74, 6) is -2.13. The Balaban J connectivity index is 0.996. The van der Waals surface area contributed by atoms with Crippen molar-refractivity contribution in [3.63, 3.8) is 0 Å². The standard InChI is InChI=1S/C30H31F3N10O2/c31-30(32,33)28-39-23(27(44)41-11-1-2-12-41)13-24(40-28)45-21-5-3-20(4-6-21)42-16-29(17-42,8-9-34)43-15-19(14-38-43)25-22-7-10-35-26(22)37-18-36-25/h7,10,13-15,18,20-21H,1-6,8,11-12,16-17H2,(H,35,36,37). The first-order valence-corrected chi connectivity index (χ1v) is 15.1. The van der Waals surface area contributed by atoms with E-state index >= 15 is 0 Å². The molecule has 4 aromatic rings. The second kappa shape index (κ2) is 11.4. The number of amides is 1. The van der Waals surface area contributed by atoms with E-state index in [4.69, 9.17) is 4.74 Å². The molecule has 45 heavy (non-hydrogen) atoms. The number of hydrogen-bond donors (Lipinski definition) is 1. The summed E-state index contributed by atoms with van der Waals surface area (Å²) in [5, 5.41) is 15.2. The monoisotopic (exact) mass is 620 g/mol. The maximum Gasteiger partial charge on any atom is 0.451 e. The number of H-pyrrole nitrogens is 1. The first-order chi connectivity index (χ1) is 21.7. The number of rotatable bonds is 7. The fourth-order valence-electron chi connectivity index (χ4n) is 6.76. The number of carbonyl (C=O) groups is 1. The zero-order chi connectivity index (χ0) is 31.2. The molecule has 0 unspecified atom stereocenters. The summed E-state index contributed by atoms with van der Waals surface area (Å²) in [4.78, 5) is 35.6. The van der Waals surface area contributed by atoms with Gasteiger partial charge in [0.05, 0.1) is 24.4 Å². The Bertz CT molecular complexity index is 1740. The fraction of sp³-hybridized carbons (Fsp3) is 0.500. The van der Waals surface area contributed by atoms with Gasteiger partial charge in [0, 0.05) is 61.6 Å². The topological polar surface area (TPSA) is 142 Å². The average Bonchev–Trinajstić information content (AvgIpc) is 3.81. The van der Waals surface area contributed by atoms with Gasteiger partial charge in [0.1, 0.15) is 29.3 Å². The molecule has 12 nitrogen and oxygen atoms in total. The number of aromatic amines is 1. The Labute approximate surface area is 256 Å². The Kier molecular flexibility index (Phi) is 7.39. The van der Waals surface area contributed by atoms with Crippen molar-refractivity contribution in [1.29, 1.82) is 5.26 Å². The highest BCUT2D eigenvalue weighted by Crippen LogP contribution is 2.39. The van der Waals surface area contributed by atoms with Crippen LogP contribution in [0.4, 0.5) is 13.2 Å². The van der Waals surface area contributed by atoms with Crippen molar-refractivity contribution in [1.82, 2.24) is 44.5 Å². The van der Waals surface area contributed by atoms with Crippen LogP contribution >= 0.6 is 0 Å². The maximum absolute atomic E-state index is 13.6. The van der Waals surface area contributed by atoms with Crippen LogP contribution in [-0.4, -0.2) is 88.7 Å². The molecule has 3 fully saturated rings. The number of carbonyl (C=O) groups excluding carboxylic acids is 1. The largest absolute Gasteiger partial charge is 0.474 e. The Hall–Kier alpha value is -4.58. The predicted molar refractivity (Wildman–Crippen MR) is 154 cm³/mol. The van der Waals surface area contributed by atoms with Gasteiger partial charge in [0.2, 0.25) is 11.7 Å². The van der Waals surface area contributed by atoms with Crippen molar-refractivity contribution in [2.45, 2.75) is 68.8 Å². The minimum Gasteiger partial charge on any atom is -0.474 e. The number of alkyl halides is 3. The van der Waals surface area contributed by atoms with Crippen LogP contribution in [0.15, 0.2) is 37.1 Å². The number of likely N-dealkylation sites (tertiary alicyclic amines) is 2. The molecule has 0 spiro atoms. The van der Waals surface area contributed by atoms with Gasteiger partial charge in [-0.3, -0.25) is 14.4 Å². The fourth-order valence-corrected chi connectivity index (χ4v) is 6.76. The second-order valence-electron chi connectivity index (χ2n) is 12.1. The predicted octanol–water partition coefficient (Wildman–Crippen LogP) is 4.18. The molecule has 0 atom stereocenters. The molecular weight excluding hydrogens is 589 g/mol. The van der Waals surface area contributed by atoms with E-state index in [1.807, 2.05) is 23.1 Å². The minimum absolute atomic E-state index is 0.226. The number of nitriles is 1. The third-order valence-corrected chi connectivity index (χ3v) is 9.12. The van der Waals surface area contributed by atoms with Crippen LogP contribution in [0.3, 0.4) is 0 Å². The maximum atomic E-state index is 13.6. The molecule has 234 valence electrons. The molecule has 3 aliphatic rings. The molecule has 0 aromatic carbocycles. The molecule has 1 N–H and O–H groups in total. The van der Waals surface area contributed by atoms with Crippen LogP contribution in [-0.2, 0) is 11.7 Å². The normalized spacial score (nSPS) is 21.9. The summed E-state index contributed by atoms with van der Waals surface area (Å²) in [6.07, 6.45) is 6.63. The number of ether oxygens (including phenoxy) is 1. The molecule has 1 saturated carbocycles. The summed E-state index contributed by atoms with van der Waals surface area (Å²) in [6.45, 7) is 2.31. The summed E-state index contributed by atoms with van der Waals surface area (Å²) in [5.41, 5.74) is 1.60. The molecule has 6 heterocycles. The van der Waals surface area contributed by atoms with Crippen molar-refractivity contribution >= 4 is 16.9 Å². The number of nitrogens with one attached hydrogen (secondary N) is 1. The lowest BCUT2D eigenvalue weighted by Gasteiger charge is -2.53. The summed E-state index contributed by atoms with van der Waals surface area (Å²) >= 11 is 0. The third-order valence-electron chi connectivity index (χ3n) is 9.12. The van der Waals surface area contributed by atoms with Gasteiger partial charge in [-0.1, -0.05) is 0 Å². The number of fused-ring (bicyclic) bond motifs is 1. The van der Waals surface area contributed by atoms with Crippen LogP contribution < -0.4 is 4.74 Å². The van der Waals surface area contributed by atoms with E-state index in [0.717, 1.165) is 48.0 Å². The number of aromatic nitrogens is 7. The summed E-state index contributed by atoms with van der Waals surface area (Å²) in [7, 11) is 0. The van der Waals surface area contributed by atoms with E-state index < -0.39 is 23.4 Å². The van der Waals surface area contributed by atoms with Crippen LogP contribution in [0, 0.1) is 11.3 Å². The molecule has 1 aliphatic carbocycles. The lowest BCUT2D eigenvalue weighted by molar-refractivity contribution is -0.145. The highest BCUT2D eigenvalue weighted by molar-refractivity contribution is 5.92. The van der Waals surface area contributed by atoms with E-state index in [1.54, 1.807) is 6.20 Å². The van der Waals surface area contributed by atoms with Gasteiger partial charge in [-0.2, -0.15) is 28.5 Å². The van der Waals surface area contributed by atoms with Crippen LogP contribution in [0.2, 0.25) is 0 Å². The smallest absolute Gasteiger partial charge is 0.451 e. The average molecular weight is 621 g/mol. The molecular formula is C30H31F3N10O2. The van der Waals surface area contributed by atoms with E-state index in [0.29, 0.717) is 45.4 Å². The zero-order valence-electron chi connectivity index (χ0n) is 24.4. The quantitative estimate of drug-likeness (QED) is 0.322. The Morgan fingerprint density at radius 2 is 1.91 bits per heavy atom. The van der Waals surface area contributed by atoms with Crippen molar-refractivity contribution < 1.29 is 22.7 Å². The number of halogens is 3. The molecule has 2 saturated heterocycles. The molecule has 1 amide bonds. The van der Waals surface area contributed by atoms with Crippen molar-refractivity contribution in [3.05, 3.63) is 48.6 Å². The van der Waals surface area contributed by atoms with Gasteiger partial charge < -0.3 is 14.6 Å². The Morgan fingerprint density at radius 1 is 1.13 bits per heavy atom. The van der Waals surface area contributed by atoms with Gasteiger partial charge in [0.15, 0.2) is 0 Å². The Morgan fingerprint density at radius 3 is 2.64 bits per heavy atom. The second-order valence-corrected chi connectivity index (χ2v) is 12.1. The summed E-state index contributed by atoms with van der Waals surface area (Å²) < 4.78 is 48.6. The first-order valence-electron chi connectivity index (χ1n) is 15.1.